The van der Waals surface area contributed by atoms with Crippen LogP contribution >= 0.6 is 0 Å². The molecule has 0 spiro atoms. The Morgan fingerprint density at radius 3 is 1.72 bits per heavy atom. The number of hydrogen-bond donors (Lipinski definition) is 4. The number of methoxy groups -OCH3 is 1. The molecule has 0 aromatic heterocycles. The highest BCUT2D eigenvalue weighted by atomic mass is 16.5. The summed E-state index contributed by atoms with van der Waals surface area (Å²) in [7, 11) is 1.32. The Hall–Kier alpha value is -1.79. The Morgan fingerprint density at radius 1 is 0.812 bits per heavy atom. The number of carbonyl (C=O) groups is 2. The Labute approximate surface area is 196 Å². The van der Waals surface area contributed by atoms with Crippen molar-refractivity contribution in [2.75, 3.05) is 13.7 Å². The lowest BCUT2D eigenvalue weighted by Gasteiger charge is -2.16. The molecule has 0 saturated heterocycles. The van der Waals surface area contributed by atoms with E-state index in [1.807, 2.05) is 0 Å². The maximum atomic E-state index is 12.2. The lowest BCUT2D eigenvalue weighted by atomic mass is 10.0. The molecule has 1 atom stereocenters. The van der Waals surface area contributed by atoms with Gasteiger partial charge in [0.05, 0.1) is 7.11 Å². The monoisotopic (exact) mass is 454 g/mol. The van der Waals surface area contributed by atoms with Crippen LogP contribution in [0.1, 0.15) is 122 Å². The zero-order valence-corrected chi connectivity index (χ0v) is 20.8. The zero-order chi connectivity index (χ0) is 23.9. The van der Waals surface area contributed by atoms with Crippen molar-refractivity contribution < 1.29 is 14.3 Å². The van der Waals surface area contributed by atoms with E-state index in [9.17, 15) is 9.59 Å². The van der Waals surface area contributed by atoms with Crippen LogP contribution in [0, 0.1) is 5.41 Å². The van der Waals surface area contributed by atoms with E-state index < -0.39 is 12.0 Å². The molecular weight excluding hydrogens is 404 g/mol. The summed E-state index contributed by atoms with van der Waals surface area (Å²) in [5.41, 5.74) is 5.23. The number of unbranched alkanes of at least 4 members (excludes halogenated alkanes) is 14. The van der Waals surface area contributed by atoms with E-state index in [0.717, 1.165) is 12.8 Å². The van der Waals surface area contributed by atoms with Gasteiger partial charge in [-0.1, -0.05) is 96.8 Å². The molecule has 7 nitrogen and oxygen atoms in total. The van der Waals surface area contributed by atoms with Crippen LogP contribution in [0.2, 0.25) is 0 Å². The number of hydrogen-bond acceptors (Lipinski definition) is 4. The van der Waals surface area contributed by atoms with Crippen LogP contribution in [-0.2, 0) is 14.3 Å². The summed E-state index contributed by atoms with van der Waals surface area (Å²) < 4.78 is 4.78. The van der Waals surface area contributed by atoms with Crippen LogP contribution in [0.5, 0.6) is 0 Å². The van der Waals surface area contributed by atoms with Gasteiger partial charge in [-0.15, -0.1) is 0 Å². The van der Waals surface area contributed by atoms with Gasteiger partial charge in [0, 0.05) is 13.0 Å². The predicted molar refractivity (Wildman–Crippen MR) is 133 cm³/mol. The summed E-state index contributed by atoms with van der Waals surface area (Å²) >= 11 is 0. The third kappa shape index (κ3) is 20.1. The fourth-order valence-electron chi connectivity index (χ4n) is 3.84. The molecule has 0 saturated carbocycles. The van der Waals surface area contributed by atoms with Crippen molar-refractivity contribution >= 4 is 17.8 Å². The summed E-state index contributed by atoms with van der Waals surface area (Å²) in [6.45, 7) is 2.75. The molecule has 32 heavy (non-hydrogen) atoms. The molecule has 0 fully saturated rings. The van der Waals surface area contributed by atoms with Crippen molar-refractivity contribution in [1.29, 1.82) is 5.41 Å². The standard InChI is InChI=1S/C25H50N4O3/c1-3-4-5-6-7-8-9-10-11-12-13-14-15-16-17-20-23(30)29-22(24(31)32-2)19-18-21-28-25(26)27/h22H,3-21H2,1-2H3,(H,29,30)(H4,26,27,28)/t22-/m0/s1. The number of carbonyl (C=O) groups excluding carboxylic acids is 2. The fourth-order valence-corrected chi connectivity index (χ4v) is 3.84. The van der Waals surface area contributed by atoms with Crippen LogP contribution in [0.3, 0.4) is 0 Å². The lowest BCUT2D eigenvalue weighted by molar-refractivity contribution is -0.145. The SMILES string of the molecule is CCCCCCCCCCCCCCCCCC(=O)N[C@@H](CCCNC(=N)N)C(=O)OC. The molecule has 188 valence electrons. The molecule has 0 aliphatic rings. The number of amides is 1. The molecule has 0 aliphatic heterocycles. The first-order chi connectivity index (χ1) is 15.5. The van der Waals surface area contributed by atoms with Crippen LogP contribution in [0.25, 0.3) is 0 Å². The van der Waals surface area contributed by atoms with Crippen LogP contribution in [0.15, 0.2) is 0 Å². The molecule has 0 aromatic carbocycles. The number of esters is 1. The highest BCUT2D eigenvalue weighted by Gasteiger charge is 2.20. The first-order valence-corrected chi connectivity index (χ1v) is 13.0. The second-order valence-electron chi connectivity index (χ2n) is 8.83. The highest BCUT2D eigenvalue weighted by molar-refractivity contribution is 5.84. The van der Waals surface area contributed by atoms with E-state index >= 15 is 0 Å². The maximum absolute atomic E-state index is 12.2. The minimum absolute atomic E-state index is 0.100. The summed E-state index contributed by atoms with van der Waals surface area (Å²) in [4.78, 5) is 24.0. The summed E-state index contributed by atoms with van der Waals surface area (Å²) in [5.74, 6) is -0.635. The van der Waals surface area contributed by atoms with E-state index in [4.69, 9.17) is 15.9 Å². The van der Waals surface area contributed by atoms with Crippen molar-refractivity contribution in [3.05, 3.63) is 0 Å². The molecular formula is C25H50N4O3. The molecule has 5 N–H and O–H groups in total. The van der Waals surface area contributed by atoms with Gasteiger partial charge in [0.2, 0.25) is 5.91 Å². The molecule has 0 aromatic rings. The van der Waals surface area contributed by atoms with E-state index in [-0.39, 0.29) is 11.9 Å². The third-order valence-corrected chi connectivity index (χ3v) is 5.81. The van der Waals surface area contributed by atoms with E-state index in [0.29, 0.717) is 25.8 Å². The Kier molecular flexibility index (Phi) is 21.2. The average molecular weight is 455 g/mol. The molecule has 0 heterocycles. The second kappa shape index (κ2) is 22.4. The van der Waals surface area contributed by atoms with Crippen molar-refractivity contribution in [2.45, 2.75) is 129 Å². The lowest BCUT2D eigenvalue weighted by Crippen LogP contribution is -2.42. The first kappa shape index (κ1) is 30.2. The average Bonchev–Trinajstić information content (AvgIpc) is 2.77. The maximum Gasteiger partial charge on any atom is 0.328 e. The number of guanidine groups is 1. The Morgan fingerprint density at radius 2 is 1.28 bits per heavy atom. The normalized spacial score (nSPS) is 11.7. The molecule has 0 unspecified atom stereocenters. The van der Waals surface area contributed by atoms with Crippen LogP contribution in [0.4, 0.5) is 0 Å². The summed E-state index contributed by atoms with van der Waals surface area (Å²) in [6, 6.07) is -0.641. The Bertz CT molecular complexity index is 486. The minimum Gasteiger partial charge on any atom is -0.467 e. The first-order valence-electron chi connectivity index (χ1n) is 13.0. The van der Waals surface area contributed by atoms with Gasteiger partial charge in [-0.3, -0.25) is 10.2 Å². The molecule has 7 heteroatoms. The third-order valence-electron chi connectivity index (χ3n) is 5.81. The van der Waals surface area contributed by atoms with Crippen LogP contribution < -0.4 is 16.4 Å². The van der Waals surface area contributed by atoms with Gasteiger partial charge in [-0.05, 0) is 19.3 Å². The molecule has 0 radical (unpaired) electrons. The smallest absolute Gasteiger partial charge is 0.328 e. The zero-order valence-electron chi connectivity index (χ0n) is 20.8. The molecule has 0 aliphatic carbocycles. The van der Waals surface area contributed by atoms with E-state index in [1.165, 1.54) is 90.6 Å². The number of ether oxygens (including phenoxy) is 1. The van der Waals surface area contributed by atoms with Gasteiger partial charge in [0.1, 0.15) is 6.04 Å². The number of nitrogens with one attached hydrogen (secondary N) is 3. The largest absolute Gasteiger partial charge is 0.467 e. The number of rotatable bonds is 22. The molecule has 0 bridgehead atoms. The topological polar surface area (TPSA) is 117 Å². The van der Waals surface area contributed by atoms with Crippen molar-refractivity contribution in [3.8, 4) is 0 Å². The van der Waals surface area contributed by atoms with E-state index in [1.54, 1.807) is 0 Å². The highest BCUT2D eigenvalue weighted by Crippen LogP contribution is 2.13. The van der Waals surface area contributed by atoms with Gasteiger partial charge < -0.3 is 21.1 Å². The van der Waals surface area contributed by atoms with Gasteiger partial charge in [-0.2, -0.15) is 0 Å². The Balaban J connectivity index is 3.61. The number of nitrogens with two attached hydrogens (primary N) is 1. The quantitative estimate of drug-likeness (QED) is 0.0779. The minimum atomic E-state index is -0.641. The van der Waals surface area contributed by atoms with Crippen LogP contribution in [-0.4, -0.2) is 37.5 Å². The predicted octanol–water partition coefficient (Wildman–Crippen LogP) is 5.17. The van der Waals surface area contributed by atoms with Gasteiger partial charge in [0.15, 0.2) is 5.96 Å². The van der Waals surface area contributed by atoms with Crippen molar-refractivity contribution in [1.82, 2.24) is 10.6 Å². The molecule has 1 amide bonds. The van der Waals surface area contributed by atoms with Gasteiger partial charge in [0.25, 0.3) is 0 Å². The summed E-state index contributed by atoms with van der Waals surface area (Å²) in [5, 5.41) is 12.6. The van der Waals surface area contributed by atoms with Gasteiger partial charge in [-0.25, -0.2) is 4.79 Å². The van der Waals surface area contributed by atoms with E-state index in [2.05, 4.69) is 17.6 Å². The fraction of sp³-hybridized carbons (Fsp3) is 0.880. The molecule has 0 rings (SSSR count). The summed E-state index contributed by atoms with van der Waals surface area (Å²) in [6.07, 6.45) is 20.9. The van der Waals surface area contributed by atoms with Crippen molar-refractivity contribution in [3.63, 3.8) is 0 Å². The van der Waals surface area contributed by atoms with Gasteiger partial charge >= 0.3 is 5.97 Å². The second-order valence-corrected chi connectivity index (χ2v) is 8.83. The van der Waals surface area contributed by atoms with Crippen molar-refractivity contribution in [2.24, 2.45) is 5.73 Å².